The number of aryl methyl sites for hydroxylation is 1. The molecule has 2 aromatic heterocycles. The summed E-state index contributed by atoms with van der Waals surface area (Å²) in [6, 6.07) is 5.82. The molecule has 0 radical (unpaired) electrons. The average molecular weight is 437 g/mol. The number of aromatic nitrogens is 3. The molecular weight excluding hydrogens is 404 g/mol. The zero-order chi connectivity index (χ0) is 22.3. The molecule has 2 saturated heterocycles. The molecule has 2 aromatic rings. The minimum absolute atomic E-state index is 0.125. The van der Waals surface area contributed by atoms with Gasteiger partial charge in [0.1, 0.15) is 18.6 Å². The third-order valence-corrected chi connectivity index (χ3v) is 6.49. The number of carbonyl (C=O) groups is 1. The Morgan fingerprint density at radius 2 is 1.72 bits per heavy atom. The fraction of sp³-hybridized carbons (Fsp3) is 0.542. The molecule has 0 spiro atoms. The van der Waals surface area contributed by atoms with Gasteiger partial charge in [-0.05, 0) is 57.8 Å². The Morgan fingerprint density at radius 1 is 1.03 bits per heavy atom. The highest BCUT2D eigenvalue weighted by Gasteiger charge is 2.32. The van der Waals surface area contributed by atoms with Crippen LogP contribution in [0, 0.1) is 18.8 Å². The molecule has 2 aliphatic rings. The van der Waals surface area contributed by atoms with E-state index in [0.29, 0.717) is 5.91 Å². The van der Waals surface area contributed by atoms with E-state index < -0.39 is 0 Å². The van der Waals surface area contributed by atoms with Gasteiger partial charge in [-0.15, -0.1) is 0 Å². The van der Waals surface area contributed by atoms with Crippen LogP contribution in [0.15, 0.2) is 41.9 Å². The highest BCUT2D eigenvalue weighted by Crippen LogP contribution is 2.26. The fourth-order valence-electron chi connectivity index (χ4n) is 4.67. The number of rotatable bonds is 6. The van der Waals surface area contributed by atoms with Gasteiger partial charge in [-0.2, -0.15) is 0 Å². The van der Waals surface area contributed by atoms with E-state index in [1.165, 1.54) is 0 Å². The molecule has 2 aliphatic heterocycles. The smallest absolute Gasteiger partial charge is 0.225 e. The molecule has 4 rings (SSSR count). The first-order valence-corrected chi connectivity index (χ1v) is 11.4. The van der Waals surface area contributed by atoms with Crippen molar-refractivity contribution in [3.05, 3.63) is 53.9 Å². The van der Waals surface area contributed by atoms with E-state index in [-0.39, 0.29) is 11.8 Å². The van der Waals surface area contributed by atoms with Crippen molar-refractivity contribution in [2.75, 3.05) is 33.3 Å². The summed E-state index contributed by atoms with van der Waals surface area (Å²) in [6.45, 7) is 6.14. The summed E-state index contributed by atoms with van der Waals surface area (Å²) in [5, 5.41) is 4.26. The van der Waals surface area contributed by atoms with Crippen molar-refractivity contribution in [1.29, 1.82) is 0 Å². The van der Waals surface area contributed by atoms with Gasteiger partial charge in [-0.3, -0.25) is 14.7 Å². The molecule has 4 heterocycles. The lowest BCUT2D eigenvalue weighted by atomic mass is 9.88. The summed E-state index contributed by atoms with van der Waals surface area (Å²) in [6.07, 6.45) is 9.17. The largest absolute Gasteiger partial charge is 0.399 e. The van der Waals surface area contributed by atoms with Crippen LogP contribution in [0.3, 0.4) is 0 Å². The first-order valence-electron chi connectivity index (χ1n) is 11.4. The molecule has 1 amide bonds. The van der Waals surface area contributed by atoms with Crippen molar-refractivity contribution in [3.8, 4) is 0 Å². The van der Waals surface area contributed by atoms with Gasteiger partial charge in [-0.25, -0.2) is 9.97 Å². The quantitative estimate of drug-likeness (QED) is 0.511. The molecule has 0 saturated carbocycles. The SMILES string of the molecule is CO/N=C(/c1ccccn1)C1CCN(C(=O)C2CCN(Cc3cnc(C)nc3)CC2)CC1. The van der Waals surface area contributed by atoms with E-state index >= 15 is 0 Å². The van der Waals surface area contributed by atoms with Gasteiger partial charge in [0.25, 0.3) is 0 Å². The standard InChI is InChI=1S/C24H32N6O2/c1-18-26-15-19(16-27-18)17-29-11-6-21(7-12-29)24(31)30-13-8-20(9-14-30)23(28-32-2)22-5-3-4-10-25-22/h3-5,10,15-16,20-21H,6-9,11-14,17H2,1-2H3/b28-23+. The van der Waals surface area contributed by atoms with Crippen molar-refractivity contribution >= 4 is 11.6 Å². The van der Waals surface area contributed by atoms with Crippen LogP contribution in [0.2, 0.25) is 0 Å². The van der Waals surface area contributed by atoms with Crippen molar-refractivity contribution in [2.45, 2.75) is 39.2 Å². The van der Waals surface area contributed by atoms with Gasteiger partial charge >= 0.3 is 0 Å². The maximum atomic E-state index is 13.1. The van der Waals surface area contributed by atoms with E-state index in [4.69, 9.17) is 4.84 Å². The number of nitrogens with zero attached hydrogens (tertiary/aromatic N) is 6. The Bertz CT molecular complexity index is 902. The molecule has 0 aromatic carbocycles. The number of hydrogen-bond donors (Lipinski definition) is 0. The van der Waals surface area contributed by atoms with Crippen molar-refractivity contribution in [3.63, 3.8) is 0 Å². The van der Waals surface area contributed by atoms with E-state index in [2.05, 4.69) is 25.0 Å². The molecule has 8 heteroatoms. The molecule has 0 aliphatic carbocycles. The van der Waals surface area contributed by atoms with Crippen LogP contribution in [-0.4, -0.2) is 69.7 Å². The zero-order valence-electron chi connectivity index (χ0n) is 19.0. The number of hydrogen-bond acceptors (Lipinski definition) is 7. The highest BCUT2D eigenvalue weighted by molar-refractivity contribution is 6.00. The Hall–Kier alpha value is -2.87. The van der Waals surface area contributed by atoms with E-state index in [1.807, 2.05) is 42.4 Å². The van der Waals surface area contributed by atoms with Crippen LogP contribution >= 0.6 is 0 Å². The fourth-order valence-corrected chi connectivity index (χ4v) is 4.67. The summed E-state index contributed by atoms with van der Waals surface area (Å²) in [4.78, 5) is 35.7. The summed E-state index contributed by atoms with van der Waals surface area (Å²) in [7, 11) is 1.57. The lowest BCUT2D eigenvalue weighted by molar-refractivity contribution is -0.138. The summed E-state index contributed by atoms with van der Waals surface area (Å²) in [5.41, 5.74) is 2.86. The van der Waals surface area contributed by atoms with Gasteiger partial charge < -0.3 is 9.74 Å². The predicted octanol–water partition coefficient (Wildman–Crippen LogP) is 2.68. The Morgan fingerprint density at radius 3 is 2.34 bits per heavy atom. The monoisotopic (exact) mass is 436 g/mol. The van der Waals surface area contributed by atoms with Gasteiger partial charge in [0, 0.05) is 55.6 Å². The Labute approximate surface area is 189 Å². The molecule has 0 bridgehead atoms. The van der Waals surface area contributed by atoms with E-state index in [1.54, 1.807) is 13.3 Å². The van der Waals surface area contributed by atoms with Gasteiger partial charge in [0.2, 0.25) is 5.91 Å². The topological polar surface area (TPSA) is 83.8 Å². The van der Waals surface area contributed by atoms with Crippen molar-refractivity contribution in [1.82, 2.24) is 24.8 Å². The molecule has 0 unspecified atom stereocenters. The molecule has 170 valence electrons. The molecule has 2 fully saturated rings. The second-order valence-corrected chi connectivity index (χ2v) is 8.66. The number of pyridine rings is 1. The minimum atomic E-state index is 0.125. The van der Waals surface area contributed by atoms with Gasteiger partial charge in [-0.1, -0.05) is 11.2 Å². The van der Waals surface area contributed by atoms with Crippen LogP contribution in [0.4, 0.5) is 0 Å². The summed E-state index contributed by atoms with van der Waals surface area (Å²) < 4.78 is 0. The van der Waals surface area contributed by atoms with Crippen LogP contribution in [-0.2, 0) is 16.2 Å². The average Bonchev–Trinajstić information content (AvgIpc) is 2.85. The van der Waals surface area contributed by atoms with Crippen LogP contribution < -0.4 is 0 Å². The lowest BCUT2D eigenvalue weighted by Crippen LogP contribution is -2.46. The van der Waals surface area contributed by atoms with Crippen LogP contribution in [0.5, 0.6) is 0 Å². The number of carbonyl (C=O) groups excluding carboxylic acids is 1. The predicted molar refractivity (Wildman–Crippen MR) is 122 cm³/mol. The van der Waals surface area contributed by atoms with Crippen LogP contribution in [0.25, 0.3) is 0 Å². The highest BCUT2D eigenvalue weighted by atomic mass is 16.6. The van der Waals surface area contributed by atoms with Crippen LogP contribution in [0.1, 0.15) is 42.8 Å². The second kappa shape index (κ2) is 10.6. The summed E-state index contributed by atoms with van der Waals surface area (Å²) >= 11 is 0. The second-order valence-electron chi connectivity index (χ2n) is 8.66. The molecule has 0 N–H and O–H groups in total. The number of oxime groups is 1. The molecule has 0 atom stereocenters. The number of amides is 1. The van der Waals surface area contributed by atoms with Crippen molar-refractivity contribution < 1.29 is 9.63 Å². The first-order chi connectivity index (χ1) is 15.6. The Kier molecular flexibility index (Phi) is 7.42. The third-order valence-electron chi connectivity index (χ3n) is 6.49. The maximum Gasteiger partial charge on any atom is 0.225 e. The molecule has 8 nitrogen and oxygen atoms in total. The lowest BCUT2D eigenvalue weighted by Gasteiger charge is -2.37. The normalized spacial score (nSPS) is 19.2. The molecule has 32 heavy (non-hydrogen) atoms. The van der Waals surface area contributed by atoms with Gasteiger partial charge in [0.05, 0.1) is 5.69 Å². The summed E-state index contributed by atoms with van der Waals surface area (Å²) in [5.74, 6) is 1.49. The minimum Gasteiger partial charge on any atom is -0.399 e. The van der Waals surface area contributed by atoms with Gasteiger partial charge in [0.15, 0.2) is 0 Å². The maximum absolute atomic E-state index is 13.1. The zero-order valence-corrected chi connectivity index (χ0v) is 19.0. The van der Waals surface area contributed by atoms with E-state index in [9.17, 15) is 4.79 Å². The number of likely N-dealkylation sites (tertiary alicyclic amines) is 2. The van der Waals surface area contributed by atoms with E-state index in [0.717, 1.165) is 81.2 Å². The van der Waals surface area contributed by atoms with Crippen molar-refractivity contribution in [2.24, 2.45) is 17.0 Å². The third kappa shape index (κ3) is 5.48. The molecular formula is C24H32N6O2. The Balaban J connectivity index is 1.26. The number of piperidine rings is 2. The first kappa shape index (κ1) is 22.3.